The monoisotopic (exact) mass is 374 g/mol. The van der Waals surface area contributed by atoms with Gasteiger partial charge in [-0.3, -0.25) is 4.79 Å². The van der Waals surface area contributed by atoms with Crippen molar-refractivity contribution in [2.24, 2.45) is 10.8 Å². The normalized spacial score (nSPS) is 12.5. The summed E-state index contributed by atoms with van der Waals surface area (Å²) in [5.74, 6) is 0.285. The van der Waals surface area contributed by atoms with E-state index >= 15 is 0 Å². The van der Waals surface area contributed by atoms with Gasteiger partial charge in [-0.25, -0.2) is 0 Å². The molecule has 0 aromatic rings. The van der Waals surface area contributed by atoms with Crippen molar-refractivity contribution in [2.45, 2.75) is 67.2 Å². The molecule has 0 aromatic heterocycles. The molecular formula is C21H42O5. The molecule has 0 aliphatic carbocycles. The lowest BCUT2D eigenvalue weighted by Gasteiger charge is -2.17. The van der Waals surface area contributed by atoms with E-state index in [0.717, 1.165) is 19.4 Å². The molecule has 26 heavy (non-hydrogen) atoms. The van der Waals surface area contributed by atoms with Gasteiger partial charge in [0.1, 0.15) is 5.78 Å². The molecule has 0 saturated carbocycles. The molecule has 0 aliphatic heterocycles. The number of ether oxygens (including phenoxy) is 4. The van der Waals surface area contributed by atoms with Crippen molar-refractivity contribution in [1.29, 1.82) is 0 Å². The largest absolute Gasteiger partial charge is 0.379 e. The highest BCUT2D eigenvalue weighted by molar-refractivity contribution is 5.83. The van der Waals surface area contributed by atoms with Crippen LogP contribution in [0.5, 0.6) is 0 Å². The Labute approximate surface area is 161 Å². The maximum atomic E-state index is 11.7. The Hall–Kier alpha value is -0.490. The minimum absolute atomic E-state index is 0.249. The number of rotatable bonds is 16. The summed E-state index contributed by atoms with van der Waals surface area (Å²) in [6.45, 7) is 17.5. The maximum Gasteiger partial charge on any atom is 0.138 e. The second-order valence-electron chi connectivity index (χ2n) is 8.89. The van der Waals surface area contributed by atoms with Gasteiger partial charge in [-0.1, -0.05) is 41.5 Å². The Morgan fingerprint density at radius 1 is 0.615 bits per heavy atom. The van der Waals surface area contributed by atoms with E-state index in [1.807, 2.05) is 20.8 Å². The molecule has 0 amide bonds. The van der Waals surface area contributed by atoms with Crippen LogP contribution in [-0.2, 0) is 23.7 Å². The summed E-state index contributed by atoms with van der Waals surface area (Å²) < 4.78 is 21.9. The van der Waals surface area contributed by atoms with E-state index in [9.17, 15) is 4.79 Å². The molecule has 0 aromatic carbocycles. The smallest absolute Gasteiger partial charge is 0.138 e. The summed E-state index contributed by atoms with van der Waals surface area (Å²) in [5, 5.41) is 0. The summed E-state index contributed by atoms with van der Waals surface area (Å²) in [5.41, 5.74) is 0.130. The molecule has 0 aliphatic rings. The summed E-state index contributed by atoms with van der Waals surface area (Å²) >= 11 is 0. The van der Waals surface area contributed by atoms with Crippen LogP contribution < -0.4 is 0 Å². The SMILES string of the molecule is CC(C)(C)CCCOCCOCCOCCOCCCC(=O)C(C)(C)C. The van der Waals surface area contributed by atoms with Crippen molar-refractivity contribution in [2.75, 3.05) is 52.9 Å². The van der Waals surface area contributed by atoms with Crippen LogP contribution in [0.2, 0.25) is 0 Å². The van der Waals surface area contributed by atoms with Gasteiger partial charge in [-0.05, 0) is 24.7 Å². The average Bonchev–Trinajstić information content (AvgIpc) is 2.52. The topological polar surface area (TPSA) is 54.0 Å². The highest BCUT2D eigenvalue weighted by Gasteiger charge is 2.19. The molecule has 5 nitrogen and oxygen atoms in total. The lowest BCUT2D eigenvalue weighted by atomic mass is 9.88. The number of Topliss-reactive ketones (excluding diaryl/α,β-unsaturated/α-hetero) is 1. The van der Waals surface area contributed by atoms with Gasteiger partial charge in [0.25, 0.3) is 0 Å². The molecule has 0 spiro atoms. The first-order chi connectivity index (χ1) is 12.1. The van der Waals surface area contributed by atoms with Crippen molar-refractivity contribution in [3.63, 3.8) is 0 Å². The van der Waals surface area contributed by atoms with E-state index in [4.69, 9.17) is 18.9 Å². The van der Waals surface area contributed by atoms with Crippen LogP contribution in [-0.4, -0.2) is 58.6 Å². The number of hydrogen-bond acceptors (Lipinski definition) is 5. The Bertz CT molecular complexity index is 341. The van der Waals surface area contributed by atoms with Gasteiger partial charge in [0.15, 0.2) is 0 Å². The molecule has 0 N–H and O–H groups in total. The molecular weight excluding hydrogens is 332 g/mol. The fourth-order valence-corrected chi connectivity index (χ4v) is 2.18. The lowest BCUT2D eigenvalue weighted by molar-refractivity contribution is -0.126. The van der Waals surface area contributed by atoms with Crippen LogP contribution in [0.1, 0.15) is 67.2 Å². The predicted octanol–water partition coefficient (Wildman–Crippen LogP) is 4.27. The molecule has 0 bridgehead atoms. The zero-order valence-corrected chi connectivity index (χ0v) is 18.0. The summed E-state index contributed by atoms with van der Waals surface area (Å²) in [6, 6.07) is 0. The number of hydrogen-bond donors (Lipinski definition) is 0. The van der Waals surface area contributed by atoms with Gasteiger partial charge >= 0.3 is 0 Å². The van der Waals surface area contributed by atoms with E-state index in [1.54, 1.807) is 0 Å². The zero-order chi connectivity index (χ0) is 19.9. The van der Waals surface area contributed by atoms with Crippen molar-refractivity contribution in [1.82, 2.24) is 0 Å². The number of carbonyl (C=O) groups excluding carboxylic acids is 1. The predicted molar refractivity (Wildman–Crippen MR) is 106 cm³/mol. The molecule has 0 heterocycles. The Kier molecular flexibility index (Phi) is 14.3. The van der Waals surface area contributed by atoms with Crippen LogP contribution in [0.3, 0.4) is 0 Å². The van der Waals surface area contributed by atoms with E-state index in [0.29, 0.717) is 58.1 Å². The van der Waals surface area contributed by atoms with Gasteiger partial charge in [0.05, 0.1) is 39.6 Å². The van der Waals surface area contributed by atoms with Crippen LogP contribution >= 0.6 is 0 Å². The maximum absolute atomic E-state index is 11.7. The van der Waals surface area contributed by atoms with Crippen molar-refractivity contribution in [3.8, 4) is 0 Å². The molecule has 0 radical (unpaired) electrons. The quantitative estimate of drug-likeness (QED) is 0.378. The van der Waals surface area contributed by atoms with Crippen LogP contribution in [0.25, 0.3) is 0 Å². The van der Waals surface area contributed by atoms with E-state index in [1.165, 1.54) is 6.42 Å². The third-order valence-electron chi connectivity index (χ3n) is 3.86. The van der Waals surface area contributed by atoms with Gasteiger partial charge < -0.3 is 18.9 Å². The Morgan fingerprint density at radius 2 is 1.00 bits per heavy atom. The number of carbonyl (C=O) groups is 1. The van der Waals surface area contributed by atoms with Crippen molar-refractivity contribution in [3.05, 3.63) is 0 Å². The van der Waals surface area contributed by atoms with E-state index in [2.05, 4.69) is 20.8 Å². The van der Waals surface area contributed by atoms with E-state index in [-0.39, 0.29) is 11.2 Å². The van der Waals surface area contributed by atoms with Gasteiger partial charge in [-0.2, -0.15) is 0 Å². The van der Waals surface area contributed by atoms with Crippen LogP contribution in [0, 0.1) is 10.8 Å². The van der Waals surface area contributed by atoms with E-state index < -0.39 is 0 Å². The first-order valence-electron chi connectivity index (χ1n) is 9.97. The molecule has 0 unspecified atom stereocenters. The number of ketones is 1. The molecule has 5 heteroatoms. The lowest BCUT2D eigenvalue weighted by Crippen LogP contribution is -2.20. The van der Waals surface area contributed by atoms with Crippen LogP contribution in [0.4, 0.5) is 0 Å². The fourth-order valence-electron chi connectivity index (χ4n) is 2.18. The second kappa shape index (κ2) is 14.6. The van der Waals surface area contributed by atoms with Crippen molar-refractivity contribution >= 4 is 5.78 Å². The first kappa shape index (κ1) is 25.5. The van der Waals surface area contributed by atoms with Crippen LogP contribution in [0.15, 0.2) is 0 Å². The van der Waals surface area contributed by atoms with Crippen molar-refractivity contribution < 1.29 is 23.7 Å². The van der Waals surface area contributed by atoms with Gasteiger partial charge in [0.2, 0.25) is 0 Å². The first-order valence-corrected chi connectivity index (χ1v) is 9.97. The molecule has 0 atom stereocenters. The average molecular weight is 375 g/mol. The summed E-state index contributed by atoms with van der Waals surface area (Å²) in [6.07, 6.45) is 3.62. The summed E-state index contributed by atoms with van der Waals surface area (Å²) in [4.78, 5) is 11.7. The molecule has 156 valence electrons. The molecule has 0 saturated heterocycles. The highest BCUT2D eigenvalue weighted by atomic mass is 16.6. The van der Waals surface area contributed by atoms with Gasteiger partial charge in [-0.15, -0.1) is 0 Å². The Morgan fingerprint density at radius 3 is 1.38 bits per heavy atom. The minimum Gasteiger partial charge on any atom is -0.379 e. The third-order valence-corrected chi connectivity index (χ3v) is 3.86. The third kappa shape index (κ3) is 18.3. The molecule has 0 rings (SSSR count). The highest BCUT2D eigenvalue weighted by Crippen LogP contribution is 2.20. The fraction of sp³-hybridized carbons (Fsp3) is 0.952. The Balaban J connectivity index is 3.17. The van der Waals surface area contributed by atoms with Gasteiger partial charge in [0, 0.05) is 25.0 Å². The standard InChI is InChI=1S/C21H42O5/c1-20(2,3)10-8-12-24-14-16-26-18-17-25-15-13-23-11-7-9-19(22)21(4,5)6/h7-18H2,1-6H3. The molecule has 0 fully saturated rings. The second-order valence-corrected chi connectivity index (χ2v) is 8.89. The zero-order valence-electron chi connectivity index (χ0n) is 18.0. The minimum atomic E-state index is -0.249. The summed E-state index contributed by atoms with van der Waals surface area (Å²) in [7, 11) is 0.